The van der Waals surface area contributed by atoms with Crippen molar-refractivity contribution in [2.45, 2.75) is 24.7 Å². The number of hydrogen-bond acceptors (Lipinski definition) is 7. The molecule has 8 nitrogen and oxygen atoms in total. The molecule has 9 heteroatoms. The molecule has 0 atom stereocenters. The Morgan fingerprint density at radius 2 is 1.88 bits per heavy atom. The number of rotatable bonds is 9. The lowest BCUT2D eigenvalue weighted by molar-refractivity contribution is 0.309. The Kier molecular flexibility index (Phi) is 6.62. The summed E-state index contributed by atoms with van der Waals surface area (Å²) in [5.74, 6) is 1.04. The van der Waals surface area contributed by atoms with Crippen molar-refractivity contribution >= 4 is 21.5 Å². The van der Waals surface area contributed by atoms with Crippen LogP contribution in [0.2, 0.25) is 0 Å². The van der Waals surface area contributed by atoms with E-state index in [1.54, 1.807) is 31.1 Å². The number of methoxy groups -OCH3 is 1. The van der Waals surface area contributed by atoms with E-state index in [9.17, 15) is 8.42 Å². The SMILES string of the molecule is CCCCOc1ccc(S(=O)(=O)Nc2cnc(OC)nc2N(C)C)cc1. The number of benzene rings is 1. The second-order valence-corrected chi connectivity index (χ2v) is 7.45. The minimum absolute atomic E-state index is 0.126. The average Bonchev–Trinajstić information content (AvgIpc) is 2.62. The summed E-state index contributed by atoms with van der Waals surface area (Å²) in [4.78, 5) is 9.94. The van der Waals surface area contributed by atoms with E-state index in [0.29, 0.717) is 18.2 Å². The number of anilines is 2. The van der Waals surface area contributed by atoms with E-state index >= 15 is 0 Å². The zero-order valence-electron chi connectivity index (χ0n) is 15.4. The van der Waals surface area contributed by atoms with Crippen LogP contribution in [0.25, 0.3) is 0 Å². The van der Waals surface area contributed by atoms with Crippen molar-refractivity contribution < 1.29 is 17.9 Å². The number of unbranched alkanes of at least 4 members (excludes halogenated alkanes) is 1. The van der Waals surface area contributed by atoms with Crippen LogP contribution < -0.4 is 19.1 Å². The van der Waals surface area contributed by atoms with Gasteiger partial charge in [-0.3, -0.25) is 4.72 Å². The van der Waals surface area contributed by atoms with Crippen molar-refractivity contribution in [1.29, 1.82) is 0 Å². The maximum atomic E-state index is 12.6. The molecule has 0 radical (unpaired) electrons. The van der Waals surface area contributed by atoms with Gasteiger partial charge in [0.2, 0.25) is 0 Å². The summed E-state index contributed by atoms with van der Waals surface area (Å²) in [5.41, 5.74) is 0.263. The molecule has 0 unspecified atom stereocenters. The lowest BCUT2D eigenvalue weighted by Crippen LogP contribution is -2.19. The number of nitrogens with one attached hydrogen (secondary N) is 1. The molecule has 0 amide bonds. The predicted octanol–water partition coefficient (Wildman–Crippen LogP) is 2.53. The van der Waals surface area contributed by atoms with Gasteiger partial charge >= 0.3 is 6.01 Å². The van der Waals surface area contributed by atoms with Gasteiger partial charge in [0.15, 0.2) is 5.82 Å². The summed E-state index contributed by atoms with van der Waals surface area (Å²) >= 11 is 0. The molecule has 142 valence electrons. The first-order valence-corrected chi connectivity index (χ1v) is 9.69. The van der Waals surface area contributed by atoms with Crippen LogP contribution in [0.1, 0.15) is 19.8 Å². The number of aromatic nitrogens is 2. The van der Waals surface area contributed by atoms with Gasteiger partial charge in [0, 0.05) is 14.1 Å². The van der Waals surface area contributed by atoms with Crippen LogP contribution in [0.15, 0.2) is 35.4 Å². The Labute approximate surface area is 154 Å². The van der Waals surface area contributed by atoms with Gasteiger partial charge in [-0.05, 0) is 30.7 Å². The van der Waals surface area contributed by atoms with Crippen LogP contribution in [0.4, 0.5) is 11.5 Å². The highest BCUT2D eigenvalue weighted by Gasteiger charge is 2.19. The van der Waals surface area contributed by atoms with Gasteiger partial charge < -0.3 is 14.4 Å². The highest BCUT2D eigenvalue weighted by atomic mass is 32.2. The highest BCUT2D eigenvalue weighted by molar-refractivity contribution is 7.92. The quantitative estimate of drug-likeness (QED) is 0.668. The van der Waals surface area contributed by atoms with E-state index in [4.69, 9.17) is 9.47 Å². The standard InChI is InChI=1S/C17H24N4O4S/c1-5-6-11-25-13-7-9-14(10-8-13)26(22,23)20-15-12-18-17(24-4)19-16(15)21(2)3/h7-10,12,20H,5-6,11H2,1-4H3. The van der Waals surface area contributed by atoms with Crippen LogP contribution in [-0.2, 0) is 10.0 Å². The monoisotopic (exact) mass is 380 g/mol. The molecule has 26 heavy (non-hydrogen) atoms. The molecule has 0 aliphatic carbocycles. The molecule has 0 spiro atoms. The van der Waals surface area contributed by atoms with Gasteiger partial charge in [0.05, 0.1) is 24.8 Å². The van der Waals surface area contributed by atoms with Gasteiger partial charge in [-0.1, -0.05) is 13.3 Å². The first kappa shape index (κ1) is 19.8. The molecule has 0 saturated heterocycles. The van der Waals surface area contributed by atoms with E-state index in [2.05, 4.69) is 21.6 Å². The molecule has 0 aliphatic rings. The zero-order valence-corrected chi connectivity index (χ0v) is 16.2. The third kappa shape index (κ3) is 4.98. The summed E-state index contributed by atoms with van der Waals surface area (Å²) in [6, 6.07) is 6.45. The van der Waals surface area contributed by atoms with E-state index in [0.717, 1.165) is 12.8 Å². The van der Waals surface area contributed by atoms with E-state index in [1.165, 1.54) is 25.4 Å². The Bertz CT molecular complexity index is 823. The molecular formula is C17H24N4O4S. The molecule has 2 aromatic rings. The lowest BCUT2D eigenvalue weighted by Gasteiger charge is -2.17. The maximum absolute atomic E-state index is 12.6. The van der Waals surface area contributed by atoms with E-state index in [1.807, 2.05) is 0 Å². The minimum Gasteiger partial charge on any atom is -0.494 e. The van der Waals surface area contributed by atoms with Crippen LogP contribution in [-0.4, -0.2) is 46.2 Å². The van der Waals surface area contributed by atoms with Gasteiger partial charge in [-0.2, -0.15) is 4.98 Å². The van der Waals surface area contributed by atoms with Gasteiger partial charge in [0.1, 0.15) is 11.4 Å². The molecule has 2 rings (SSSR count). The molecule has 0 saturated carbocycles. The summed E-state index contributed by atoms with van der Waals surface area (Å²) in [6.45, 7) is 2.69. The lowest BCUT2D eigenvalue weighted by atomic mass is 10.3. The fraction of sp³-hybridized carbons (Fsp3) is 0.412. The minimum atomic E-state index is -3.78. The Morgan fingerprint density at radius 1 is 1.19 bits per heavy atom. The summed E-state index contributed by atoms with van der Waals surface area (Å²) in [7, 11) is 1.17. The molecule has 0 bridgehead atoms. The fourth-order valence-electron chi connectivity index (χ4n) is 2.12. The topological polar surface area (TPSA) is 93.7 Å². The molecule has 1 N–H and O–H groups in total. The second kappa shape index (κ2) is 8.70. The highest BCUT2D eigenvalue weighted by Crippen LogP contribution is 2.26. The fourth-order valence-corrected chi connectivity index (χ4v) is 3.17. The van der Waals surface area contributed by atoms with Crippen molar-refractivity contribution in [2.75, 3.05) is 37.4 Å². The van der Waals surface area contributed by atoms with Crippen molar-refractivity contribution in [3.05, 3.63) is 30.5 Å². The largest absolute Gasteiger partial charge is 0.494 e. The number of ether oxygens (including phenoxy) is 2. The third-order valence-electron chi connectivity index (χ3n) is 3.50. The number of hydrogen-bond donors (Lipinski definition) is 1. The smallest absolute Gasteiger partial charge is 0.318 e. The first-order valence-electron chi connectivity index (χ1n) is 8.21. The van der Waals surface area contributed by atoms with E-state index < -0.39 is 10.0 Å². The molecule has 1 heterocycles. The average molecular weight is 380 g/mol. The van der Waals surface area contributed by atoms with Crippen LogP contribution in [0, 0.1) is 0 Å². The third-order valence-corrected chi connectivity index (χ3v) is 4.88. The molecule has 0 aliphatic heterocycles. The Hall–Kier alpha value is -2.55. The molecule has 1 aromatic carbocycles. The molecular weight excluding hydrogens is 356 g/mol. The van der Waals surface area contributed by atoms with Crippen molar-refractivity contribution in [3.63, 3.8) is 0 Å². The summed E-state index contributed by atoms with van der Waals surface area (Å²) in [6.07, 6.45) is 3.36. The number of sulfonamides is 1. The van der Waals surface area contributed by atoms with E-state index in [-0.39, 0.29) is 16.6 Å². The molecule has 1 aromatic heterocycles. The van der Waals surface area contributed by atoms with Gasteiger partial charge in [-0.25, -0.2) is 13.4 Å². The first-order chi connectivity index (χ1) is 12.4. The van der Waals surface area contributed by atoms with Crippen molar-refractivity contribution in [2.24, 2.45) is 0 Å². The maximum Gasteiger partial charge on any atom is 0.318 e. The van der Waals surface area contributed by atoms with Crippen LogP contribution in [0.3, 0.4) is 0 Å². The molecule has 0 fully saturated rings. The summed E-state index contributed by atoms with van der Waals surface area (Å²) in [5, 5.41) is 0. The van der Waals surface area contributed by atoms with Gasteiger partial charge in [-0.15, -0.1) is 0 Å². The Balaban J connectivity index is 2.20. The summed E-state index contributed by atoms with van der Waals surface area (Å²) < 4.78 is 38.3. The van der Waals surface area contributed by atoms with Crippen LogP contribution in [0.5, 0.6) is 11.8 Å². The van der Waals surface area contributed by atoms with Crippen LogP contribution >= 0.6 is 0 Å². The van der Waals surface area contributed by atoms with Crippen molar-refractivity contribution in [1.82, 2.24) is 9.97 Å². The predicted molar refractivity (Wildman–Crippen MR) is 101 cm³/mol. The van der Waals surface area contributed by atoms with Gasteiger partial charge in [0.25, 0.3) is 10.0 Å². The van der Waals surface area contributed by atoms with Crippen molar-refractivity contribution in [3.8, 4) is 11.8 Å². The second-order valence-electron chi connectivity index (χ2n) is 5.77. The zero-order chi connectivity index (χ0) is 19.2. The Morgan fingerprint density at radius 3 is 2.46 bits per heavy atom. The normalized spacial score (nSPS) is 11.1. The number of nitrogens with zero attached hydrogens (tertiary/aromatic N) is 3.